The fraction of sp³-hybridized carbons (Fsp3) is 0.250. The Morgan fingerprint density at radius 1 is 1.19 bits per heavy atom. The lowest BCUT2D eigenvalue weighted by Gasteiger charge is -2.15. The second kappa shape index (κ2) is 5.32. The molecule has 4 heteroatoms. The van der Waals surface area contributed by atoms with Crippen LogP contribution in [-0.2, 0) is 0 Å². The largest absolute Gasteiger partial charge is 0.304 e. The molecule has 0 aromatic carbocycles. The van der Waals surface area contributed by atoms with Gasteiger partial charge in [0.25, 0.3) is 0 Å². The van der Waals surface area contributed by atoms with Crippen molar-refractivity contribution in [3.8, 4) is 0 Å². The van der Waals surface area contributed by atoms with Crippen molar-refractivity contribution >= 4 is 0 Å². The normalized spacial score (nSPS) is 12.3. The highest BCUT2D eigenvalue weighted by Gasteiger charge is 2.14. The van der Waals surface area contributed by atoms with E-state index in [1.165, 1.54) is 0 Å². The van der Waals surface area contributed by atoms with Crippen LogP contribution in [0.3, 0.4) is 0 Å². The minimum absolute atomic E-state index is 0.0138. The summed E-state index contributed by atoms with van der Waals surface area (Å²) in [5.41, 5.74) is 1.08. The van der Waals surface area contributed by atoms with Gasteiger partial charge in [-0.05, 0) is 24.2 Å². The molecule has 82 valence electrons. The third-order valence-corrected chi connectivity index (χ3v) is 2.27. The first-order valence-electron chi connectivity index (χ1n) is 5.32. The third kappa shape index (κ3) is 2.41. The fourth-order valence-electron chi connectivity index (χ4n) is 1.57. The lowest BCUT2D eigenvalue weighted by molar-refractivity contribution is 0.595. The summed E-state index contributed by atoms with van der Waals surface area (Å²) in [5.74, 6) is 0.775. The van der Waals surface area contributed by atoms with Gasteiger partial charge in [0.1, 0.15) is 5.82 Å². The number of aromatic nitrogens is 3. The first-order chi connectivity index (χ1) is 7.92. The van der Waals surface area contributed by atoms with Crippen LogP contribution >= 0.6 is 0 Å². The Labute approximate surface area is 94.8 Å². The Morgan fingerprint density at radius 3 is 2.62 bits per heavy atom. The standard InChI is InChI=1S/C12H14N4/c1-2-14-11(10-5-3-6-13-9-10)12-15-7-4-8-16-12/h3-9,11,14H,2H2,1H3. The second-order valence-electron chi connectivity index (χ2n) is 3.38. The molecule has 2 aromatic heterocycles. The van der Waals surface area contributed by atoms with Crippen molar-refractivity contribution in [1.29, 1.82) is 0 Å². The van der Waals surface area contributed by atoms with Crippen molar-refractivity contribution in [3.63, 3.8) is 0 Å². The molecule has 0 saturated heterocycles. The zero-order valence-corrected chi connectivity index (χ0v) is 9.17. The Bertz CT molecular complexity index is 376. The molecule has 1 atom stereocenters. The van der Waals surface area contributed by atoms with E-state index in [4.69, 9.17) is 0 Å². The van der Waals surface area contributed by atoms with Gasteiger partial charge in [-0.15, -0.1) is 0 Å². The quantitative estimate of drug-likeness (QED) is 0.839. The van der Waals surface area contributed by atoms with Crippen LogP contribution < -0.4 is 5.32 Å². The van der Waals surface area contributed by atoms with Crippen molar-refractivity contribution < 1.29 is 0 Å². The first kappa shape index (κ1) is 10.7. The van der Waals surface area contributed by atoms with E-state index in [1.807, 2.05) is 24.4 Å². The summed E-state index contributed by atoms with van der Waals surface area (Å²) in [7, 11) is 0. The molecule has 16 heavy (non-hydrogen) atoms. The number of nitrogens with one attached hydrogen (secondary N) is 1. The Kier molecular flexibility index (Phi) is 3.56. The van der Waals surface area contributed by atoms with E-state index in [1.54, 1.807) is 18.6 Å². The SMILES string of the molecule is CCNC(c1cccnc1)c1ncccn1. The molecule has 1 N–H and O–H groups in total. The second-order valence-corrected chi connectivity index (χ2v) is 3.38. The van der Waals surface area contributed by atoms with Gasteiger partial charge in [0.15, 0.2) is 0 Å². The van der Waals surface area contributed by atoms with E-state index in [-0.39, 0.29) is 6.04 Å². The van der Waals surface area contributed by atoms with Gasteiger partial charge < -0.3 is 5.32 Å². The van der Waals surface area contributed by atoms with E-state index in [2.05, 4.69) is 27.2 Å². The number of pyridine rings is 1. The zero-order chi connectivity index (χ0) is 11.2. The van der Waals surface area contributed by atoms with E-state index in [0.717, 1.165) is 17.9 Å². The van der Waals surface area contributed by atoms with Crippen LogP contribution in [0.25, 0.3) is 0 Å². The zero-order valence-electron chi connectivity index (χ0n) is 9.17. The number of nitrogens with zero attached hydrogens (tertiary/aromatic N) is 3. The molecule has 2 aromatic rings. The molecule has 2 rings (SSSR count). The molecule has 2 heterocycles. The monoisotopic (exact) mass is 214 g/mol. The summed E-state index contributed by atoms with van der Waals surface area (Å²) in [6.07, 6.45) is 7.11. The highest BCUT2D eigenvalue weighted by Crippen LogP contribution is 2.16. The van der Waals surface area contributed by atoms with Gasteiger partial charge in [-0.1, -0.05) is 13.0 Å². The molecule has 0 fully saturated rings. The summed E-state index contributed by atoms with van der Waals surface area (Å²) in [6.45, 7) is 2.92. The lowest BCUT2D eigenvalue weighted by atomic mass is 10.1. The maximum absolute atomic E-state index is 4.27. The van der Waals surface area contributed by atoms with Gasteiger partial charge in [0.05, 0.1) is 6.04 Å². The molecule has 0 aliphatic heterocycles. The van der Waals surface area contributed by atoms with Crippen molar-refractivity contribution in [1.82, 2.24) is 20.3 Å². The average Bonchev–Trinajstić information content (AvgIpc) is 2.38. The average molecular weight is 214 g/mol. The maximum Gasteiger partial charge on any atom is 0.149 e. The molecule has 4 nitrogen and oxygen atoms in total. The van der Waals surface area contributed by atoms with Gasteiger partial charge in [0.2, 0.25) is 0 Å². The van der Waals surface area contributed by atoms with E-state index >= 15 is 0 Å². The lowest BCUT2D eigenvalue weighted by Crippen LogP contribution is -2.23. The molecule has 1 unspecified atom stereocenters. The van der Waals surface area contributed by atoms with Gasteiger partial charge in [-0.25, -0.2) is 9.97 Å². The Morgan fingerprint density at radius 2 is 2.00 bits per heavy atom. The van der Waals surface area contributed by atoms with Gasteiger partial charge in [-0.3, -0.25) is 4.98 Å². The Hall–Kier alpha value is -1.81. The number of rotatable bonds is 4. The van der Waals surface area contributed by atoms with Crippen LogP contribution in [-0.4, -0.2) is 21.5 Å². The minimum Gasteiger partial charge on any atom is -0.304 e. The van der Waals surface area contributed by atoms with Crippen molar-refractivity contribution in [3.05, 3.63) is 54.4 Å². The molecule has 0 bridgehead atoms. The molecule has 0 spiro atoms. The molecule has 0 radical (unpaired) electrons. The number of hydrogen-bond acceptors (Lipinski definition) is 4. The molecule has 0 saturated carbocycles. The van der Waals surface area contributed by atoms with Gasteiger partial charge in [-0.2, -0.15) is 0 Å². The van der Waals surface area contributed by atoms with Crippen molar-refractivity contribution in [2.75, 3.05) is 6.54 Å². The van der Waals surface area contributed by atoms with E-state index in [0.29, 0.717) is 0 Å². The summed E-state index contributed by atoms with van der Waals surface area (Å²) in [6, 6.07) is 5.77. The molecular formula is C12H14N4. The van der Waals surface area contributed by atoms with Crippen molar-refractivity contribution in [2.45, 2.75) is 13.0 Å². The van der Waals surface area contributed by atoms with Crippen LogP contribution in [0.4, 0.5) is 0 Å². The predicted octanol–water partition coefficient (Wildman–Crippen LogP) is 1.57. The van der Waals surface area contributed by atoms with Crippen LogP contribution in [0.5, 0.6) is 0 Å². The van der Waals surface area contributed by atoms with Crippen LogP contribution in [0.15, 0.2) is 43.0 Å². The molecule has 0 aliphatic rings. The smallest absolute Gasteiger partial charge is 0.149 e. The molecular weight excluding hydrogens is 200 g/mol. The fourth-order valence-corrected chi connectivity index (χ4v) is 1.57. The Balaban J connectivity index is 2.31. The van der Waals surface area contributed by atoms with Crippen LogP contribution in [0.2, 0.25) is 0 Å². The highest BCUT2D eigenvalue weighted by atomic mass is 15.0. The summed E-state index contributed by atoms with van der Waals surface area (Å²) in [5, 5.41) is 3.35. The summed E-state index contributed by atoms with van der Waals surface area (Å²) in [4.78, 5) is 12.7. The summed E-state index contributed by atoms with van der Waals surface area (Å²) < 4.78 is 0. The minimum atomic E-state index is 0.0138. The van der Waals surface area contributed by atoms with Crippen LogP contribution in [0, 0.1) is 0 Å². The van der Waals surface area contributed by atoms with Gasteiger partial charge >= 0.3 is 0 Å². The van der Waals surface area contributed by atoms with Crippen molar-refractivity contribution in [2.24, 2.45) is 0 Å². The maximum atomic E-state index is 4.27. The topological polar surface area (TPSA) is 50.7 Å². The molecule has 0 aliphatic carbocycles. The number of hydrogen-bond donors (Lipinski definition) is 1. The molecule has 0 amide bonds. The predicted molar refractivity (Wildman–Crippen MR) is 61.8 cm³/mol. The third-order valence-electron chi connectivity index (χ3n) is 2.27. The summed E-state index contributed by atoms with van der Waals surface area (Å²) >= 11 is 0. The van der Waals surface area contributed by atoms with Gasteiger partial charge in [0, 0.05) is 24.8 Å². The van der Waals surface area contributed by atoms with E-state index < -0.39 is 0 Å². The highest BCUT2D eigenvalue weighted by molar-refractivity contribution is 5.21. The van der Waals surface area contributed by atoms with E-state index in [9.17, 15) is 0 Å². The van der Waals surface area contributed by atoms with Crippen LogP contribution in [0.1, 0.15) is 24.4 Å². The first-order valence-corrected chi connectivity index (χ1v) is 5.32.